The molecule has 19 heavy (non-hydrogen) atoms. The van der Waals surface area contributed by atoms with Crippen LogP contribution in [-0.2, 0) is 9.84 Å². The third kappa shape index (κ3) is 4.84. The van der Waals surface area contributed by atoms with Crippen molar-refractivity contribution in [3.05, 3.63) is 29.3 Å². The van der Waals surface area contributed by atoms with Gasteiger partial charge in [0.25, 0.3) is 0 Å². The van der Waals surface area contributed by atoms with Gasteiger partial charge in [-0.2, -0.15) is 0 Å². The summed E-state index contributed by atoms with van der Waals surface area (Å²) >= 11 is 0. The molecule has 0 heterocycles. The maximum Gasteiger partial charge on any atom is 0.151 e. The molecule has 0 bridgehead atoms. The Labute approximate surface area is 116 Å². The van der Waals surface area contributed by atoms with Crippen LogP contribution in [0.25, 0.3) is 0 Å². The van der Waals surface area contributed by atoms with E-state index in [1.807, 2.05) is 26.0 Å². The maximum atomic E-state index is 11.4. The monoisotopic (exact) mass is 285 g/mol. The van der Waals surface area contributed by atoms with E-state index in [9.17, 15) is 8.42 Å². The molecule has 1 rings (SSSR count). The number of aryl methyl sites for hydroxylation is 1. The highest BCUT2D eigenvalue weighted by atomic mass is 32.2. The summed E-state index contributed by atoms with van der Waals surface area (Å²) in [6.07, 6.45) is 0. The minimum atomic E-state index is -2.91. The van der Waals surface area contributed by atoms with E-state index in [2.05, 4.69) is 11.4 Å². The lowest BCUT2D eigenvalue weighted by molar-refractivity contribution is 0.402. The van der Waals surface area contributed by atoms with Crippen LogP contribution in [-0.4, -0.2) is 33.6 Å². The summed E-state index contributed by atoms with van der Waals surface area (Å²) in [5, 5.41) is 3.23. The fourth-order valence-corrected chi connectivity index (χ4v) is 2.59. The first-order valence-corrected chi connectivity index (χ1v) is 8.30. The summed E-state index contributed by atoms with van der Waals surface area (Å²) in [7, 11) is -1.27. The molecule has 1 aromatic carbocycles. The largest absolute Gasteiger partial charge is 0.496 e. The predicted octanol–water partition coefficient (Wildman–Crippen LogP) is 2.09. The van der Waals surface area contributed by atoms with Crippen molar-refractivity contribution >= 4 is 9.84 Å². The van der Waals surface area contributed by atoms with Gasteiger partial charge in [0, 0.05) is 23.9 Å². The SMILES string of the molecule is CCS(=O)(=O)CCNC(C)c1cc(C)ccc1OC. The molecule has 0 fully saturated rings. The van der Waals surface area contributed by atoms with Crippen LogP contribution in [0.4, 0.5) is 0 Å². The first-order chi connectivity index (χ1) is 8.89. The van der Waals surface area contributed by atoms with Crippen molar-refractivity contribution in [2.75, 3.05) is 25.2 Å². The molecular weight excluding hydrogens is 262 g/mol. The zero-order chi connectivity index (χ0) is 14.5. The highest BCUT2D eigenvalue weighted by Crippen LogP contribution is 2.25. The van der Waals surface area contributed by atoms with Gasteiger partial charge in [-0.05, 0) is 19.9 Å². The Kier molecular flexibility index (Phi) is 5.82. The molecule has 0 aliphatic rings. The minimum absolute atomic E-state index is 0.0573. The lowest BCUT2D eigenvalue weighted by Gasteiger charge is -2.18. The summed E-state index contributed by atoms with van der Waals surface area (Å²) in [6.45, 7) is 6.16. The average molecular weight is 285 g/mol. The molecule has 0 aliphatic heterocycles. The third-order valence-electron chi connectivity index (χ3n) is 3.16. The van der Waals surface area contributed by atoms with Gasteiger partial charge in [-0.15, -0.1) is 0 Å². The van der Waals surface area contributed by atoms with E-state index in [1.165, 1.54) is 0 Å². The van der Waals surface area contributed by atoms with Gasteiger partial charge in [-0.1, -0.05) is 24.6 Å². The van der Waals surface area contributed by atoms with E-state index in [4.69, 9.17) is 4.74 Å². The van der Waals surface area contributed by atoms with Crippen LogP contribution in [0.3, 0.4) is 0 Å². The smallest absolute Gasteiger partial charge is 0.151 e. The van der Waals surface area contributed by atoms with Gasteiger partial charge >= 0.3 is 0 Å². The first-order valence-electron chi connectivity index (χ1n) is 6.48. The second-order valence-electron chi connectivity index (χ2n) is 4.66. The topological polar surface area (TPSA) is 55.4 Å². The Balaban J connectivity index is 2.68. The second-order valence-corrected chi connectivity index (χ2v) is 7.13. The van der Waals surface area contributed by atoms with Crippen molar-refractivity contribution in [1.29, 1.82) is 0 Å². The molecule has 1 N–H and O–H groups in total. The van der Waals surface area contributed by atoms with E-state index < -0.39 is 9.84 Å². The third-order valence-corrected chi connectivity index (χ3v) is 4.86. The van der Waals surface area contributed by atoms with E-state index in [-0.39, 0.29) is 17.5 Å². The molecule has 0 saturated carbocycles. The molecule has 0 aliphatic carbocycles. The molecule has 0 radical (unpaired) electrons. The van der Waals surface area contributed by atoms with Crippen molar-refractivity contribution in [1.82, 2.24) is 5.32 Å². The highest BCUT2D eigenvalue weighted by Gasteiger charge is 2.13. The predicted molar refractivity (Wildman–Crippen MR) is 78.5 cm³/mol. The van der Waals surface area contributed by atoms with Crippen molar-refractivity contribution in [2.24, 2.45) is 0 Å². The molecule has 0 aromatic heterocycles. The first kappa shape index (κ1) is 16.0. The zero-order valence-corrected chi connectivity index (χ0v) is 12.9. The Bertz CT molecular complexity index is 511. The van der Waals surface area contributed by atoms with Gasteiger partial charge < -0.3 is 10.1 Å². The van der Waals surface area contributed by atoms with Gasteiger partial charge in [-0.3, -0.25) is 0 Å². The van der Waals surface area contributed by atoms with Crippen LogP contribution in [0.5, 0.6) is 5.75 Å². The Morgan fingerprint density at radius 3 is 2.63 bits per heavy atom. The van der Waals surface area contributed by atoms with Crippen LogP contribution in [0.15, 0.2) is 18.2 Å². The number of rotatable bonds is 7. The molecule has 1 unspecified atom stereocenters. The summed E-state index contributed by atoms with van der Waals surface area (Å²) < 4.78 is 28.2. The standard InChI is InChI=1S/C14H23NO3S/c1-5-19(16,17)9-8-15-12(3)13-10-11(2)6-7-14(13)18-4/h6-7,10,12,15H,5,8-9H2,1-4H3. The Morgan fingerprint density at radius 1 is 1.37 bits per heavy atom. The van der Waals surface area contributed by atoms with Crippen molar-refractivity contribution in [3.63, 3.8) is 0 Å². The Morgan fingerprint density at radius 2 is 2.05 bits per heavy atom. The molecule has 1 aromatic rings. The minimum Gasteiger partial charge on any atom is -0.496 e. The number of methoxy groups -OCH3 is 1. The molecule has 0 amide bonds. The van der Waals surface area contributed by atoms with Gasteiger partial charge in [0.2, 0.25) is 0 Å². The molecule has 4 nitrogen and oxygen atoms in total. The fraction of sp³-hybridized carbons (Fsp3) is 0.571. The number of nitrogens with one attached hydrogen (secondary N) is 1. The quantitative estimate of drug-likeness (QED) is 0.833. The normalized spacial score (nSPS) is 13.3. The van der Waals surface area contributed by atoms with Crippen molar-refractivity contribution < 1.29 is 13.2 Å². The van der Waals surface area contributed by atoms with E-state index in [0.717, 1.165) is 16.9 Å². The molecule has 0 saturated heterocycles. The maximum absolute atomic E-state index is 11.4. The number of ether oxygens (including phenoxy) is 1. The lowest BCUT2D eigenvalue weighted by atomic mass is 10.0. The summed E-state index contributed by atoms with van der Waals surface area (Å²) in [5.74, 6) is 1.18. The van der Waals surface area contributed by atoms with Crippen LogP contribution < -0.4 is 10.1 Å². The van der Waals surface area contributed by atoms with Crippen molar-refractivity contribution in [2.45, 2.75) is 26.8 Å². The van der Waals surface area contributed by atoms with Gasteiger partial charge in [0.05, 0.1) is 12.9 Å². The van der Waals surface area contributed by atoms with E-state index in [1.54, 1.807) is 14.0 Å². The number of hydrogen-bond donors (Lipinski definition) is 1. The average Bonchev–Trinajstić information content (AvgIpc) is 2.38. The summed E-state index contributed by atoms with van der Waals surface area (Å²) in [5.41, 5.74) is 2.21. The zero-order valence-electron chi connectivity index (χ0n) is 12.1. The van der Waals surface area contributed by atoms with E-state index in [0.29, 0.717) is 6.54 Å². The molecule has 5 heteroatoms. The van der Waals surface area contributed by atoms with E-state index >= 15 is 0 Å². The molecule has 0 spiro atoms. The van der Waals surface area contributed by atoms with Crippen molar-refractivity contribution in [3.8, 4) is 5.75 Å². The van der Waals surface area contributed by atoms with Gasteiger partial charge in [0.15, 0.2) is 9.84 Å². The molecule has 108 valence electrons. The summed E-state index contributed by atoms with van der Waals surface area (Å²) in [6, 6.07) is 6.05. The van der Waals surface area contributed by atoms with Crippen LogP contribution in [0.2, 0.25) is 0 Å². The lowest BCUT2D eigenvalue weighted by Crippen LogP contribution is -2.26. The summed E-state index contributed by atoms with van der Waals surface area (Å²) in [4.78, 5) is 0. The number of hydrogen-bond acceptors (Lipinski definition) is 4. The number of benzene rings is 1. The Hall–Kier alpha value is -1.07. The van der Waals surface area contributed by atoms with Gasteiger partial charge in [-0.25, -0.2) is 8.42 Å². The van der Waals surface area contributed by atoms with Gasteiger partial charge in [0.1, 0.15) is 5.75 Å². The second kappa shape index (κ2) is 6.91. The number of sulfone groups is 1. The van der Waals surface area contributed by atoms with Crippen LogP contribution in [0.1, 0.15) is 31.0 Å². The highest BCUT2D eigenvalue weighted by molar-refractivity contribution is 7.91. The van der Waals surface area contributed by atoms with Crippen LogP contribution >= 0.6 is 0 Å². The molecular formula is C14H23NO3S. The van der Waals surface area contributed by atoms with Crippen LogP contribution in [0, 0.1) is 6.92 Å². The fourth-order valence-electron chi connectivity index (χ4n) is 1.88. The molecule has 1 atom stereocenters.